The van der Waals surface area contributed by atoms with Crippen LogP contribution >= 0.6 is 15.9 Å². The van der Waals surface area contributed by atoms with Crippen LogP contribution in [-0.4, -0.2) is 52.5 Å². The third-order valence-corrected chi connectivity index (χ3v) is 8.81. The second-order valence-electron chi connectivity index (χ2n) is 11.3. The van der Waals surface area contributed by atoms with Gasteiger partial charge in [0.2, 0.25) is 0 Å². The lowest BCUT2D eigenvalue weighted by Gasteiger charge is -2.26. The number of nitrogens with zero attached hydrogens (tertiary/aromatic N) is 4. The van der Waals surface area contributed by atoms with Crippen LogP contribution in [0.5, 0.6) is 5.75 Å². The van der Waals surface area contributed by atoms with Gasteiger partial charge in [-0.1, -0.05) is 46.6 Å². The van der Waals surface area contributed by atoms with Crippen LogP contribution in [0.2, 0.25) is 0 Å². The van der Waals surface area contributed by atoms with Gasteiger partial charge in [-0.25, -0.2) is 9.80 Å². The van der Waals surface area contributed by atoms with Gasteiger partial charge in [-0.05, 0) is 79.5 Å². The smallest absolute Gasteiger partial charge is 0.416 e. The molecule has 3 aromatic carbocycles. The first kappa shape index (κ1) is 30.2. The first-order valence-electron chi connectivity index (χ1n) is 14.7. The zero-order chi connectivity index (χ0) is 30.8. The minimum absolute atomic E-state index is 0.309. The molecule has 230 valence electrons. The molecule has 2 aliphatic rings. The van der Waals surface area contributed by atoms with E-state index in [1.54, 1.807) is 0 Å². The molecule has 3 heterocycles. The number of amides is 2. The number of aromatic nitrogens is 1. The van der Waals surface area contributed by atoms with E-state index in [2.05, 4.69) is 42.6 Å². The Morgan fingerprint density at radius 2 is 1.73 bits per heavy atom. The first-order chi connectivity index (χ1) is 21.2. The van der Waals surface area contributed by atoms with E-state index in [9.17, 15) is 18.0 Å². The Morgan fingerprint density at radius 3 is 2.41 bits per heavy atom. The number of hydrogen-bond donors (Lipinski definition) is 1. The van der Waals surface area contributed by atoms with E-state index in [-0.39, 0.29) is 0 Å². The van der Waals surface area contributed by atoms with Crippen molar-refractivity contribution in [2.24, 2.45) is 10.8 Å². The van der Waals surface area contributed by atoms with Crippen LogP contribution in [-0.2, 0) is 12.7 Å². The lowest BCUT2D eigenvalue weighted by atomic mass is 9.97. The monoisotopic (exact) mass is 667 g/mol. The lowest BCUT2D eigenvalue weighted by Crippen LogP contribution is -2.33. The van der Waals surface area contributed by atoms with E-state index in [1.807, 2.05) is 36.5 Å². The highest BCUT2D eigenvalue weighted by atomic mass is 79.9. The lowest BCUT2D eigenvalue weighted by molar-refractivity contribution is -0.137. The number of ether oxygens (including phenoxy) is 1. The molecule has 7 nitrogen and oxygen atoms in total. The van der Waals surface area contributed by atoms with E-state index in [1.165, 1.54) is 36.4 Å². The van der Waals surface area contributed by atoms with Gasteiger partial charge in [-0.15, -0.1) is 0 Å². The number of alkyl halides is 3. The van der Waals surface area contributed by atoms with Gasteiger partial charge < -0.3 is 15.0 Å². The highest BCUT2D eigenvalue weighted by molar-refractivity contribution is 9.10. The van der Waals surface area contributed by atoms with Gasteiger partial charge in [0.05, 0.1) is 17.3 Å². The standard InChI is InChI=1S/C33H33BrF3N5O2/c34-25-10-13-30-27(18-25)28(31-19-29(39-42(31)32(38)43)23-6-8-24(9-7-23)33(35,36)37)21-41(30)20-22-4-11-26(12-5-22)44-17-16-40-14-2-1-3-15-40/h4-13,18,21,31H,1-3,14-17,19-20H2,(H2,38,43). The largest absolute Gasteiger partial charge is 0.492 e. The summed E-state index contributed by atoms with van der Waals surface area (Å²) in [6.45, 7) is 4.47. The summed E-state index contributed by atoms with van der Waals surface area (Å²) >= 11 is 3.57. The van der Waals surface area contributed by atoms with Crippen LogP contribution in [0.4, 0.5) is 18.0 Å². The summed E-state index contributed by atoms with van der Waals surface area (Å²) in [5, 5.41) is 6.60. The Labute approximate surface area is 262 Å². The van der Waals surface area contributed by atoms with Gasteiger partial charge in [0.25, 0.3) is 0 Å². The molecule has 0 saturated carbocycles. The second-order valence-corrected chi connectivity index (χ2v) is 12.2. The van der Waals surface area contributed by atoms with E-state index in [0.717, 1.165) is 64.0 Å². The Kier molecular flexibility index (Phi) is 8.68. The minimum Gasteiger partial charge on any atom is -0.492 e. The predicted octanol–water partition coefficient (Wildman–Crippen LogP) is 7.57. The zero-order valence-electron chi connectivity index (χ0n) is 24.1. The Balaban J connectivity index is 1.21. The summed E-state index contributed by atoms with van der Waals surface area (Å²) in [7, 11) is 0. The van der Waals surface area contributed by atoms with Gasteiger partial charge in [0, 0.05) is 46.6 Å². The number of benzene rings is 3. The summed E-state index contributed by atoms with van der Waals surface area (Å²) in [6.07, 6.45) is 1.71. The van der Waals surface area contributed by atoms with Crippen LogP contribution in [0.1, 0.15) is 54.0 Å². The summed E-state index contributed by atoms with van der Waals surface area (Å²) in [5.74, 6) is 0.837. The third-order valence-electron chi connectivity index (χ3n) is 8.32. The fourth-order valence-electron chi connectivity index (χ4n) is 6.04. The SMILES string of the molecule is NC(=O)N1N=C(c2ccc(C(F)(F)F)cc2)CC1c1cn(Cc2ccc(OCCN3CCCCC3)cc2)c2ccc(Br)cc12. The highest BCUT2D eigenvalue weighted by Crippen LogP contribution is 2.39. The molecular formula is C33H33BrF3N5O2. The minimum atomic E-state index is -4.44. The number of carbonyl (C=O) groups is 1. The maximum atomic E-state index is 13.1. The Hall–Kier alpha value is -3.83. The molecule has 1 saturated heterocycles. The molecule has 1 aromatic heterocycles. The van der Waals surface area contributed by atoms with Crippen molar-refractivity contribution in [3.63, 3.8) is 0 Å². The Morgan fingerprint density at radius 1 is 1.00 bits per heavy atom. The zero-order valence-corrected chi connectivity index (χ0v) is 25.7. The average molecular weight is 669 g/mol. The molecular weight excluding hydrogens is 635 g/mol. The maximum absolute atomic E-state index is 13.1. The normalized spacial score (nSPS) is 17.7. The summed E-state index contributed by atoms with van der Waals surface area (Å²) in [5.41, 5.74) is 8.91. The van der Waals surface area contributed by atoms with Crippen LogP contribution in [0, 0.1) is 0 Å². The van der Waals surface area contributed by atoms with Gasteiger partial charge in [-0.2, -0.15) is 18.3 Å². The number of primary amides is 1. The van der Waals surface area contributed by atoms with E-state index < -0.39 is 23.8 Å². The van der Waals surface area contributed by atoms with Crippen molar-refractivity contribution in [2.75, 3.05) is 26.2 Å². The maximum Gasteiger partial charge on any atom is 0.416 e. The summed E-state index contributed by atoms with van der Waals surface area (Å²) in [4.78, 5) is 15.0. The number of piperidine rings is 1. The van der Waals surface area contributed by atoms with Crippen molar-refractivity contribution in [1.29, 1.82) is 0 Å². The number of nitrogens with two attached hydrogens (primary N) is 1. The number of urea groups is 1. The van der Waals surface area contributed by atoms with E-state index in [0.29, 0.717) is 30.8 Å². The number of rotatable bonds is 8. The molecule has 0 bridgehead atoms. The quantitative estimate of drug-likeness (QED) is 0.211. The first-order valence-corrected chi connectivity index (χ1v) is 15.5. The highest BCUT2D eigenvalue weighted by Gasteiger charge is 2.35. The van der Waals surface area contributed by atoms with Crippen LogP contribution in [0.3, 0.4) is 0 Å². The molecule has 2 N–H and O–H groups in total. The fraction of sp³-hybridized carbons (Fsp3) is 0.333. The number of hydrazone groups is 1. The Bertz CT molecular complexity index is 1660. The van der Waals surface area contributed by atoms with Crippen molar-refractivity contribution >= 4 is 38.6 Å². The van der Waals surface area contributed by atoms with Crippen molar-refractivity contribution in [1.82, 2.24) is 14.5 Å². The molecule has 2 aliphatic heterocycles. The molecule has 0 spiro atoms. The third kappa shape index (κ3) is 6.63. The summed E-state index contributed by atoms with van der Waals surface area (Å²) in [6, 6.07) is 17.6. The van der Waals surface area contributed by atoms with Gasteiger partial charge >= 0.3 is 12.2 Å². The molecule has 11 heteroatoms. The number of halogens is 4. The molecule has 0 radical (unpaired) electrons. The predicted molar refractivity (Wildman–Crippen MR) is 168 cm³/mol. The van der Waals surface area contributed by atoms with E-state index in [4.69, 9.17) is 10.5 Å². The van der Waals surface area contributed by atoms with Crippen LogP contribution in [0.15, 0.2) is 82.5 Å². The topological polar surface area (TPSA) is 76.1 Å². The molecule has 6 rings (SSSR count). The van der Waals surface area contributed by atoms with Crippen molar-refractivity contribution in [2.45, 2.75) is 44.4 Å². The second kappa shape index (κ2) is 12.6. The molecule has 4 aromatic rings. The van der Waals surface area contributed by atoms with Crippen molar-refractivity contribution < 1.29 is 22.7 Å². The molecule has 1 unspecified atom stereocenters. The molecule has 1 fully saturated rings. The van der Waals surface area contributed by atoms with Crippen molar-refractivity contribution in [3.05, 3.63) is 99.7 Å². The van der Waals surface area contributed by atoms with Crippen LogP contribution < -0.4 is 10.5 Å². The number of carbonyl (C=O) groups excluding carboxylic acids is 1. The summed E-state index contributed by atoms with van der Waals surface area (Å²) < 4.78 is 48.3. The van der Waals surface area contributed by atoms with Gasteiger partial charge in [0.1, 0.15) is 12.4 Å². The van der Waals surface area contributed by atoms with Crippen LogP contribution in [0.25, 0.3) is 10.9 Å². The van der Waals surface area contributed by atoms with Gasteiger partial charge in [-0.3, -0.25) is 4.90 Å². The molecule has 1 atom stereocenters. The number of likely N-dealkylation sites (tertiary alicyclic amines) is 1. The molecule has 44 heavy (non-hydrogen) atoms. The average Bonchev–Trinajstić information content (AvgIpc) is 3.60. The van der Waals surface area contributed by atoms with Crippen molar-refractivity contribution in [3.8, 4) is 5.75 Å². The number of fused-ring (bicyclic) bond motifs is 1. The molecule has 0 aliphatic carbocycles. The molecule has 2 amide bonds. The number of hydrogen-bond acceptors (Lipinski definition) is 4. The van der Waals surface area contributed by atoms with E-state index >= 15 is 0 Å². The fourth-order valence-corrected chi connectivity index (χ4v) is 6.40. The van der Waals surface area contributed by atoms with Gasteiger partial charge in [0.15, 0.2) is 0 Å².